The second-order valence-electron chi connectivity index (χ2n) is 3.88. The van der Waals surface area contributed by atoms with Crippen LogP contribution in [0.1, 0.15) is 10.4 Å². The molecule has 0 radical (unpaired) electrons. The number of hydrogen-bond acceptors (Lipinski definition) is 4. The van der Waals surface area contributed by atoms with Gasteiger partial charge in [0.15, 0.2) is 15.6 Å². The normalized spacial score (nSPS) is 11.6. The van der Waals surface area contributed by atoms with Crippen LogP contribution in [0.15, 0.2) is 39.7 Å². The molecule has 1 heterocycles. The quantitative estimate of drug-likeness (QED) is 0.694. The van der Waals surface area contributed by atoms with Gasteiger partial charge in [-0.1, -0.05) is 45.2 Å². The average molecular weight is 414 g/mol. The second-order valence-corrected chi connectivity index (χ2v) is 9.07. The first-order valence-corrected chi connectivity index (χ1v) is 9.28. The first kappa shape index (κ1) is 16.0. The van der Waals surface area contributed by atoms with E-state index in [2.05, 4.69) is 15.9 Å². The van der Waals surface area contributed by atoms with Crippen molar-refractivity contribution in [1.82, 2.24) is 0 Å². The molecule has 3 nitrogen and oxygen atoms in total. The Labute approximate surface area is 138 Å². The summed E-state index contributed by atoms with van der Waals surface area (Å²) in [4.78, 5) is 12.1. The third-order valence-electron chi connectivity index (χ3n) is 2.43. The van der Waals surface area contributed by atoms with Gasteiger partial charge in [0.25, 0.3) is 0 Å². The molecule has 0 aliphatic rings. The van der Waals surface area contributed by atoms with Gasteiger partial charge in [0.05, 0.1) is 9.23 Å². The van der Waals surface area contributed by atoms with Crippen LogP contribution in [0.2, 0.25) is 8.67 Å². The highest BCUT2D eigenvalue weighted by Crippen LogP contribution is 2.32. The Morgan fingerprint density at radius 3 is 2.50 bits per heavy atom. The summed E-state index contributed by atoms with van der Waals surface area (Å²) in [5.41, 5.74) is 0.139. The average Bonchev–Trinajstić information content (AvgIpc) is 2.68. The first-order valence-electron chi connectivity index (χ1n) is 5.26. The number of ketones is 1. The van der Waals surface area contributed by atoms with Gasteiger partial charge < -0.3 is 0 Å². The lowest BCUT2D eigenvalue weighted by Gasteiger charge is -2.04. The van der Waals surface area contributed by atoms with Gasteiger partial charge in [-0.25, -0.2) is 8.42 Å². The van der Waals surface area contributed by atoms with E-state index >= 15 is 0 Å². The molecule has 2 rings (SSSR count). The van der Waals surface area contributed by atoms with Gasteiger partial charge >= 0.3 is 0 Å². The maximum absolute atomic E-state index is 12.2. The second kappa shape index (κ2) is 6.15. The number of halogens is 3. The van der Waals surface area contributed by atoms with E-state index in [1.165, 1.54) is 18.2 Å². The monoisotopic (exact) mass is 412 g/mol. The Balaban J connectivity index is 2.29. The molecule has 106 valence electrons. The highest BCUT2D eigenvalue weighted by Gasteiger charge is 2.23. The van der Waals surface area contributed by atoms with E-state index in [1.807, 2.05) is 0 Å². The molecule has 0 N–H and O–H groups in total. The molecule has 0 bridgehead atoms. The molecular weight excluding hydrogens is 407 g/mol. The number of rotatable bonds is 4. The van der Waals surface area contributed by atoms with Gasteiger partial charge in [-0.05, 0) is 24.3 Å². The standard InChI is InChI=1S/C12H7BrCl2O3S2/c13-7-2-1-3-8(4-7)20(17,18)6-10(16)9-5-11(14)19-12(9)15/h1-5H,6H2. The molecular formula is C12H7BrCl2O3S2. The number of sulfone groups is 1. The number of carbonyl (C=O) groups excluding carboxylic acids is 1. The predicted octanol–water partition coefficient (Wildman–Crippen LogP) is 4.47. The van der Waals surface area contributed by atoms with Gasteiger partial charge in [-0.2, -0.15) is 0 Å². The molecule has 0 fully saturated rings. The lowest BCUT2D eigenvalue weighted by Crippen LogP contribution is -2.16. The molecule has 20 heavy (non-hydrogen) atoms. The molecule has 0 aliphatic carbocycles. The van der Waals surface area contributed by atoms with Crippen molar-refractivity contribution in [3.05, 3.63) is 49.0 Å². The predicted molar refractivity (Wildman–Crippen MR) is 84.9 cm³/mol. The van der Waals surface area contributed by atoms with Crippen molar-refractivity contribution < 1.29 is 13.2 Å². The van der Waals surface area contributed by atoms with Crippen LogP contribution >= 0.6 is 50.5 Å². The summed E-state index contributed by atoms with van der Waals surface area (Å²) in [6.07, 6.45) is 0. The number of benzene rings is 1. The molecule has 0 amide bonds. The van der Waals surface area contributed by atoms with Crippen LogP contribution in [0.5, 0.6) is 0 Å². The zero-order valence-corrected chi connectivity index (χ0v) is 14.5. The van der Waals surface area contributed by atoms with Crippen LogP contribution in [0.25, 0.3) is 0 Å². The molecule has 8 heteroatoms. The third kappa shape index (κ3) is 3.62. The minimum absolute atomic E-state index is 0.0812. The topological polar surface area (TPSA) is 51.2 Å². The highest BCUT2D eigenvalue weighted by atomic mass is 79.9. The smallest absolute Gasteiger partial charge is 0.185 e. The summed E-state index contributed by atoms with van der Waals surface area (Å²) in [5.74, 6) is -1.21. The lowest BCUT2D eigenvalue weighted by molar-refractivity contribution is 0.102. The van der Waals surface area contributed by atoms with Crippen LogP contribution < -0.4 is 0 Å². The molecule has 2 aromatic rings. The third-order valence-corrected chi connectivity index (χ3v) is 6.03. The fourth-order valence-corrected chi connectivity index (χ4v) is 4.83. The molecule has 0 saturated carbocycles. The van der Waals surface area contributed by atoms with E-state index in [4.69, 9.17) is 23.2 Å². The number of carbonyl (C=O) groups is 1. The van der Waals surface area contributed by atoms with Crippen molar-refractivity contribution in [3.63, 3.8) is 0 Å². The van der Waals surface area contributed by atoms with Crippen molar-refractivity contribution in [2.45, 2.75) is 4.90 Å². The van der Waals surface area contributed by atoms with Crippen LogP contribution in [0, 0.1) is 0 Å². The number of hydrogen-bond donors (Lipinski definition) is 0. The van der Waals surface area contributed by atoms with Crippen molar-refractivity contribution in [3.8, 4) is 0 Å². The molecule has 1 aromatic heterocycles. The van der Waals surface area contributed by atoms with Gasteiger partial charge in [-0.15, -0.1) is 11.3 Å². The molecule has 0 saturated heterocycles. The van der Waals surface area contributed by atoms with Gasteiger partial charge in [0.1, 0.15) is 10.1 Å². The Kier molecular flexibility index (Phi) is 4.92. The van der Waals surface area contributed by atoms with Crippen molar-refractivity contribution in [2.75, 3.05) is 5.75 Å². The summed E-state index contributed by atoms with van der Waals surface area (Å²) in [5, 5.41) is 0. The van der Waals surface area contributed by atoms with Crippen molar-refractivity contribution in [1.29, 1.82) is 0 Å². The number of thiophene rings is 1. The van der Waals surface area contributed by atoms with Gasteiger partial charge in [-0.3, -0.25) is 4.79 Å². The Bertz CT molecular complexity index is 769. The lowest BCUT2D eigenvalue weighted by atomic mass is 10.2. The summed E-state index contributed by atoms with van der Waals surface area (Å²) < 4.78 is 25.5. The number of Topliss-reactive ketones (excluding diaryl/α,β-unsaturated/α-hetero) is 1. The first-order chi connectivity index (χ1) is 9.29. The highest BCUT2D eigenvalue weighted by molar-refractivity contribution is 9.10. The fraction of sp³-hybridized carbons (Fsp3) is 0.0833. The summed E-state index contributed by atoms with van der Waals surface area (Å²) >= 11 is 15.8. The van der Waals surface area contributed by atoms with Crippen LogP contribution in [0.4, 0.5) is 0 Å². The molecule has 0 aliphatic heterocycles. The van der Waals surface area contributed by atoms with E-state index < -0.39 is 21.4 Å². The summed E-state index contributed by atoms with van der Waals surface area (Å²) in [6, 6.07) is 7.57. The van der Waals surface area contributed by atoms with Crippen LogP contribution in [0.3, 0.4) is 0 Å². The maximum atomic E-state index is 12.2. The zero-order valence-electron chi connectivity index (χ0n) is 9.77. The van der Waals surface area contributed by atoms with E-state index in [9.17, 15) is 13.2 Å². The maximum Gasteiger partial charge on any atom is 0.185 e. The van der Waals surface area contributed by atoms with Crippen molar-refractivity contribution >= 4 is 66.1 Å². The van der Waals surface area contributed by atoms with Crippen molar-refractivity contribution in [2.24, 2.45) is 0 Å². The van der Waals surface area contributed by atoms with Gasteiger partial charge in [0, 0.05) is 10.0 Å². The Morgan fingerprint density at radius 2 is 1.95 bits per heavy atom. The van der Waals surface area contributed by atoms with Crippen LogP contribution in [-0.2, 0) is 9.84 Å². The van der Waals surface area contributed by atoms with Crippen LogP contribution in [-0.4, -0.2) is 20.0 Å². The Morgan fingerprint density at radius 1 is 1.25 bits per heavy atom. The molecule has 0 atom stereocenters. The fourth-order valence-electron chi connectivity index (χ4n) is 1.52. The molecule has 1 aromatic carbocycles. The zero-order chi connectivity index (χ0) is 14.9. The Hall–Kier alpha value is -0.400. The van der Waals surface area contributed by atoms with E-state index in [0.29, 0.717) is 8.81 Å². The molecule has 0 unspecified atom stereocenters. The summed E-state index contributed by atoms with van der Waals surface area (Å²) in [7, 11) is -3.71. The van der Waals surface area contributed by atoms with E-state index in [0.717, 1.165) is 11.3 Å². The van der Waals surface area contributed by atoms with E-state index in [-0.39, 0.29) is 14.8 Å². The minimum Gasteiger partial charge on any atom is -0.293 e. The SMILES string of the molecule is O=C(CS(=O)(=O)c1cccc(Br)c1)c1cc(Cl)sc1Cl. The summed E-state index contributed by atoms with van der Waals surface area (Å²) in [6.45, 7) is 0. The van der Waals surface area contributed by atoms with E-state index in [1.54, 1.807) is 12.1 Å². The molecule has 0 spiro atoms. The van der Waals surface area contributed by atoms with Gasteiger partial charge in [0.2, 0.25) is 0 Å². The largest absolute Gasteiger partial charge is 0.293 e. The minimum atomic E-state index is -3.71.